The van der Waals surface area contributed by atoms with E-state index in [0.717, 1.165) is 4.68 Å². The van der Waals surface area contributed by atoms with Crippen molar-refractivity contribution in [3.63, 3.8) is 0 Å². The van der Waals surface area contributed by atoms with Crippen LogP contribution >= 0.6 is 0 Å². The number of nitrogens with one attached hydrogen (secondary N) is 2. The summed E-state index contributed by atoms with van der Waals surface area (Å²) in [7, 11) is 1.55. The third-order valence-electron chi connectivity index (χ3n) is 4.56. The van der Waals surface area contributed by atoms with Gasteiger partial charge >= 0.3 is 11.2 Å². The van der Waals surface area contributed by atoms with Crippen LogP contribution in [0.1, 0.15) is 5.56 Å². The molecule has 0 fully saturated rings. The number of fused-ring (bicyclic) bond motifs is 4. The lowest BCUT2D eigenvalue weighted by molar-refractivity contribution is 0.174. The molecule has 0 unspecified atom stereocenters. The third kappa shape index (κ3) is 2.44. The van der Waals surface area contributed by atoms with Crippen molar-refractivity contribution in [2.45, 2.75) is 0 Å². The van der Waals surface area contributed by atoms with Crippen LogP contribution < -0.4 is 25.5 Å². The van der Waals surface area contributed by atoms with Crippen LogP contribution in [-0.4, -0.2) is 34.8 Å². The average molecular weight is 378 g/mol. The summed E-state index contributed by atoms with van der Waals surface area (Å²) in [4.78, 5) is 31.0. The second-order valence-corrected chi connectivity index (χ2v) is 6.19. The van der Waals surface area contributed by atoms with Gasteiger partial charge in [0, 0.05) is 10.9 Å². The molecule has 3 heterocycles. The van der Waals surface area contributed by atoms with E-state index >= 15 is 0 Å². The lowest BCUT2D eigenvalue weighted by Gasteiger charge is -2.00. The van der Waals surface area contributed by atoms with E-state index < -0.39 is 11.2 Å². The van der Waals surface area contributed by atoms with Crippen LogP contribution in [0.4, 0.5) is 0 Å². The predicted molar refractivity (Wildman–Crippen MR) is 103 cm³/mol. The Morgan fingerprint density at radius 3 is 2.79 bits per heavy atom. The van der Waals surface area contributed by atoms with Crippen molar-refractivity contribution in [2.24, 2.45) is 5.10 Å². The van der Waals surface area contributed by atoms with Gasteiger partial charge in [-0.25, -0.2) is 4.79 Å². The maximum atomic E-state index is 12.8. The molecule has 9 heteroatoms. The van der Waals surface area contributed by atoms with Gasteiger partial charge in [0.1, 0.15) is 11.3 Å². The molecule has 0 bridgehead atoms. The molecule has 2 N–H and O–H groups in total. The summed E-state index contributed by atoms with van der Waals surface area (Å²) in [6, 6.07) is 10.5. The lowest BCUT2D eigenvalue weighted by atomic mass is 10.2. The minimum Gasteiger partial charge on any atom is -0.497 e. The van der Waals surface area contributed by atoms with Crippen LogP contribution in [-0.2, 0) is 0 Å². The molecule has 0 spiro atoms. The zero-order valence-electron chi connectivity index (χ0n) is 14.7. The van der Waals surface area contributed by atoms with E-state index in [9.17, 15) is 9.59 Å². The number of hydrogen-bond acceptors (Lipinski definition) is 6. The first-order valence-electron chi connectivity index (χ1n) is 8.43. The Bertz CT molecular complexity index is 1380. The molecule has 5 rings (SSSR count). The van der Waals surface area contributed by atoms with Crippen LogP contribution in [0, 0.1) is 0 Å². The molecule has 0 saturated heterocycles. The Hall–Kier alpha value is -4.01. The fourth-order valence-electron chi connectivity index (χ4n) is 3.17. The summed E-state index contributed by atoms with van der Waals surface area (Å²) in [5.41, 5.74) is 0.853. The van der Waals surface area contributed by atoms with Crippen LogP contribution in [0.3, 0.4) is 0 Å². The Balaban J connectivity index is 1.63. The maximum Gasteiger partial charge on any atom is 0.350 e. The summed E-state index contributed by atoms with van der Waals surface area (Å²) in [5.74, 6) is 1.85. The molecule has 0 saturated carbocycles. The van der Waals surface area contributed by atoms with Gasteiger partial charge in [-0.1, -0.05) is 0 Å². The highest BCUT2D eigenvalue weighted by Crippen LogP contribution is 2.32. The number of aromatic amines is 2. The van der Waals surface area contributed by atoms with Crippen molar-refractivity contribution in [2.75, 3.05) is 13.9 Å². The zero-order valence-corrected chi connectivity index (χ0v) is 14.7. The highest BCUT2D eigenvalue weighted by atomic mass is 16.7. The van der Waals surface area contributed by atoms with E-state index in [1.807, 2.05) is 0 Å². The highest BCUT2D eigenvalue weighted by molar-refractivity contribution is 6.04. The number of rotatable bonds is 3. The van der Waals surface area contributed by atoms with Crippen LogP contribution in [0.5, 0.6) is 17.2 Å². The fraction of sp³-hybridized carbons (Fsp3) is 0.105. The van der Waals surface area contributed by atoms with Crippen molar-refractivity contribution in [1.82, 2.24) is 14.6 Å². The zero-order chi connectivity index (χ0) is 19.3. The summed E-state index contributed by atoms with van der Waals surface area (Å²) < 4.78 is 16.6. The van der Waals surface area contributed by atoms with Gasteiger partial charge in [-0.15, -0.1) is 4.68 Å². The predicted octanol–water partition coefficient (Wildman–Crippen LogP) is 1.79. The van der Waals surface area contributed by atoms with E-state index in [0.29, 0.717) is 39.2 Å². The molecule has 0 aliphatic carbocycles. The Morgan fingerprint density at radius 2 is 1.93 bits per heavy atom. The monoisotopic (exact) mass is 378 g/mol. The average Bonchev–Trinajstić information content (AvgIpc) is 3.31. The molecular weight excluding hydrogens is 364 g/mol. The maximum absolute atomic E-state index is 12.8. The number of aromatic nitrogens is 3. The summed E-state index contributed by atoms with van der Waals surface area (Å²) in [6.45, 7) is 0.164. The lowest BCUT2D eigenvalue weighted by Crippen LogP contribution is -2.32. The smallest absolute Gasteiger partial charge is 0.350 e. The van der Waals surface area contributed by atoms with Crippen molar-refractivity contribution >= 4 is 28.2 Å². The van der Waals surface area contributed by atoms with Gasteiger partial charge in [0.25, 0.3) is 0 Å². The molecule has 140 valence electrons. The van der Waals surface area contributed by atoms with Gasteiger partial charge < -0.3 is 24.2 Å². The first kappa shape index (κ1) is 16.2. The van der Waals surface area contributed by atoms with Crippen molar-refractivity contribution in [1.29, 1.82) is 0 Å². The summed E-state index contributed by atoms with van der Waals surface area (Å²) >= 11 is 0. The number of methoxy groups -OCH3 is 1. The molecule has 2 aromatic carbocycles. The van der Waals surface area contributed by atoms with E-state index in [1.54, 1.807) is 43.5 Å². The van der Waals surface area contributed by atoms with Gasteiger partial charge in [0.15, 0.2) is 11.5 Å². The van der Waals surface area contributed by atoms with Gasteiger partial charge in [0.2, 0.25) is 6.79 Å². The number of benzene rings is 2. The molecule has 0 atom stereocenters. The second kappa shape index (κ2) is 6.02. The summed E-state index contributed by atoms with van der Waals surface area (Å²) in [6.07, 6.45) is 1.41. The van der Waals surface area contributed by atoms with E-state index in [4.69, 9.17) is 14.2 Å². The molecule has 1 aliphatic rings. The van der Waals surface area contributed by atoms with Crippen molar-refractivity contribution in [3.05, 3.63) is 62.8 Å². The third-order valence-corrected chi connectivity index (χ3v) is 4.56. The molecule has 4 aromatic rings. The fourth-order valence-corrected chi connectivity index (χ4v) is 3.17. The minimum absolute atomic E-state index is 0.164. The molecular formula is C19H14N4O5. The van der Waals surface area contributed by atoms with Crippen molar-refractivity contribution in [3.8, 4) is 17.2 Å². The van der Waals surface area contributed by atoms with Gasteiger partial charge in [-0.05, 0) is 42.0 Å². The molecule has 28 heavy (non-hydrogen) atoms. The largest absolute Gasteiger partial charge is 0.497 e. The Morgan fingerprint density at radius 1 is 1.07 bits per heavy atom. The normalized spacial score (nSPS) is 13.0. The summed E-state index contributed by atoms with van der Waals surface area (Å²) in [5, 5.41) is 4.74. The van der Waals surface area contributed by atoms with Crippen LogP contribution in [0.2, 0.25) is 0 Å². The topological polar surface area (TPSA) is 111 Å². The molecule has 1 aliphatic heterocycles. The van der Waals surface area contributed by atoms with Crippen molar-refractivity contribution < 1.29 is 14.2 Å². The Kier molecular flexibility index (Phi) is 3.48. The first-order chi connectivity index (χ1) is 13.6. The number of hydrogen-bond donors (Lipinski definition) is 2. The number of H-pyrrole nitrogens is 2. The number of nitrogens with zero attached hydrogens (tertiary/aromatic N) is 2. The van der Waals surface area contributed by atoms with Crippen LogP contribution in [0.15, 0.2) is 51.1 Å². The van der Waals surface area contributed by atoms with Gasteiger partial charge in [-0.2, -0.15) is 5.10 Å². The molecule has 0 amide bonds. The van der Waals surface area contributed by atoms with Gasteiger partial charge in [0.05, 0.1) is 18.8 Å². The van der Waals surface area contributed by atoms with Crippen LogP contribution in [0.25, 0.3) is 21.9 Å². The van der Waals surface area contributed by atoms with E-state index in [1.165, 1.54) is 6.21 Å². The first-order valence-corrected chi connectivity index (χ1v) is 8.43. The Labute approximate surface area is 156 Å². The molecule has 9 nitrogen and oxygen atoms in total. The number of ether oxygens (including phenoxy) is 3. The molecule has 0 radical (unpaired) electrons. The highest BCUT2D eigenvalue weighted by Gasteiger charge is 2.14. The SMILES string of the molecule is COc1ccc2[nH]c3c(=O)n(/N=C\c4ccc5c(c4)OCO5)c(=O)[nH]c3c2c1. The second-order valence-electron chi connectivity index (χ2n) is 6.19. The quantitative estimate of drug-likeness (QED) is 0.528. The minimum atomic E-state index is -0.641. The van der Waals surface area contributed by atoms with E-state index in [2.05, 4.69) is 15.1 Å². The molecule has 2 aromatic heterocycles. The van der Waals surface area contributed by atoms with E-state index in [-0.39, 0.29) is 12.3 Å². The standard InChI is InChI=1S/C19H14N4O5/c1-26-11-3-4-13-12(7-11)16-17(21-13)18(24)23(19(25)22-16)20-8-10-2-5-14-15(6-10)28-9-27-14/h2-8,21H,9H2,1H3,(H,22,25)/b20-8-. The van der Waals surface area contributed by atoms with Gasteiger partial charge in [-0.3, -0.25) is 4.79 Å².